The number of rotatable bonds is 7. The van der Waals surface area contributed by atoms with Gasteiger partial charge in [0.1, 0.15) is 11.6 Å². The van der Waals surface area contributed by atoms with E-state index >= 15 is 0 Å². The second kappa shape index (κ2) is 7.25. The summed E-state index contributed by atoms with van der Waals surface area (Å²) in [5, 5.41) is 2.99. The number of hydrogen-bond donors (Lipinski definition) is 1. The van der Waals surface area contributed by atoms with Crippen molar-refractivity contribution in [2.45, 2.75) is 71.5 Å². The first-order valence-corrected chi connectivity index (χ1v) is 7.98. The normalized spacial score (nSPS) is 23.4. The third kappa shape index (κ3) is 3.39. The monoisotopic (exact) mass is 298 g/mol. The molecule has 0 saturated carbocycles. The molecule has 5 heteroatoms. The molecule has 1 aliphatic heterocycles. The van der Waals surface area contributed by atoms with Crippen LogP contribution in [0.1, 0.15) is 53.9 Å². The summed E-state index contributed by atoms with van der Waals surface area (Å²) in [4.78, 5) is 27.4. The average molecular weight is 298 g/mol. The van der Waals surface area contributed by atoms with Crippen molar-refractivity contribution in [1.29, 1.82) is 0 Å². The lowest BCUT2D eigenvalue weighted by atomic mass is 9.84. The van der Waals surface area contributed by atoms with E-state index in [1.54, 1.807) is 12.0 Å². The molecule has 0 bridgehead atoms. The van der Waals surface area contributed by atoms with E-state index in [1.165, 1.54) is 0 Å². The summed E-state index contributed by atoms with van der Waals surface area (Å²) in [6, 6.07) is -0.399. The van der Waals surface area contributed by atoms with Crippen LogP contribution in [0.25, 0.3) is 0 Å². The largest absolute Gasteiger partial charge is 0.385 e. The molecule has 1 N–H and O–H groups in total. The van der Waals surface area contributed by atoms with Gasteiger partial charge in [-0.15, -0.1) is 0 Å². The van der Waals surface area contributed by atoms with Crippen LogP contribution in [-0.2, 0) is 14.3 Å². The van der Waals surface area contributed by atoms with Crippen LogP contribution in [0.15, 0.2) is 0 Å². The molecule has 2 unspecified atom stereocenters. The molecule has 0 aliphatic carbocycles. The van der Waals surface area contributed by atoms with Gasteiger partial charge in [-0.25, -0.2) is 0 Å². The molecule has 0 aromatic carbocycles. The van der Waals surface area contributed by atoms with Crippen LogP contribution in [-0.4, -0.2) is 48.1 Å². The third-order valence-corrected chi connectivity index (χ3v) is 4.63. The van der Waals surface area contributed by atoms with E-state index in [1.807, 2.05) is 34.6 Å². The minimum absolute atomic E-state index is 0.00613. The van der Waals surface area contributed by atoms with Gasteiger partial charge in [0, 0.05) is 19.8 Å². The molecule has 5 nitrogen and oxygen atoms in total. The van der Waals surface area contributed by atoms with E-state index in [-0.39, 0.29) is 23.8 Å². The lowest BCUT2D eigenvalue weighted by Gasteiger charge is -2.49. The van der Waals surface area contributed by atoms with Crippen molar-refractivity contribution >= 4 is 11.8 Å². The molecule has 0 aromatic rings. The average Bonchev–Trinajstić information content (AvgIpc) is 2.45. The van der Waals surface area contributed by atoms with Crippen molar-refractivity contribution in [2.75, 3.05) is 13.7 Å². The number of carbonyl (C=O) groups excluding carboxylic acids is 2. The van der Waals surface area contributed by atoms with Crippen molar-refractivity contribution in [2.24, 2.45) is 5.92 Å². The van der Waals surface area contributed by atoms with Crippen molar-refractivity contribution in [3.63, 3.8) is 0 Å². The first-order chi connectivity index (χ1) is 9.84. The second-order valence-corrected chi connectivity index (χ2v) is 6.31. The highest BCUT2D eigenvalue weighted by Gasteiger charge is 2.50. The van der Waals surface area contributed by atoms with Crippen LogP contribution in [0.2, 0.25) is 0 Å². The Labute approximate surface area is 128 Å². The Kier molecular flexibility index (Phi) is 6.20. The molecule has 1 saturated heterocycles. The topological polar surface area (TPSA) is 58.6 Å². The Bertz CT molecular complexity index is 378. The number of piperazine rings is 1. The summed E-state index contributed by atoms with van der Waals surface area (Å²) in [5.41, 5.74) is -0.746. The zero-order valence-corrected chi connectivity index (χ0v) is 14.2. The van der Waals surface area contributed by atoms with E-state index in [2.05, 4.69) is 5.32 Å². The smallest absolute Gasteiger partial charge is 0.249 e. The van der Waals surface area contributed by atoms with Crippen molar-refractivity contribution < 1.29 is 14.3 Å². The molecule has 2 amide bonds. The van der Waals surface area contributed by atoms with Crippen molar-refractivity contribution in [1.82, 2.24) is 10.2 Å². The summed E-state index contributed by atoms with van der Waals surface area (Å²) >= 11 is 0. The fraction of sp³-hybridized carbons (Fsp3) is 0.875. The van der Waals surface area contributed by atoms with Gasteiger partial charge in [-0.2, -0.15) is 0 Å². The molecule has 2 atom stereocenters. The Balaban J connectivity index is 3.14. The zero-order valence-electron chi connectivity index (χ0n) is 14.2. The van der Waals surface area contributed by atoms with Gasteiger partial charge < -0.3 is 15.0 Å². The molecule has 122 valence electrons. The summed E-state index contributed by atoms with van der Waals surface area (Å²) in [7, 11) is 1.65. The van der Waals surface area contributed by atoms with Crippen LogP contribution in [0.5, 0.6) is 0 Å². The number of methoxy groups -OCH3 is 1. The van der Waals surface area contributed by atoms with E-state index in [0.29, 0.717) is 19.4 Å². The van der Waals surface area contributed by atoms with E-state index < -0.39 is 11.6 Å². The number of carbonyl (C=O) groups is 2. The van der Waals surface area contributed by atoms with Crippen molar-refractivity contribution in [3.05, 3.63) is 0 Å². The first-order valence-electron chi connectivity index (χ1n) is 7.98. The predicted octanol–water partition coefficient (Wildman–Crippen LogP) is 1.95. The summed E-state index contributed by atoms with van der Waals surface area (Å²) in [6.45, 7) is 10.5. The molecule has 0 spiro atoms. The Hall–Kier alpha value is -1.10. The third-order valence-electron chi connectivity index (χ3n) is 4.63. The second-order valence-electron chi connectivity index (χ2n) is 6.31. The number of hydrogen-bond acceptors (Lipinski definition) is 3. The molecule has 1 aliphatic rings. The van der Waals surface area contributed by atoms with Crippen LogP contribution < -0.4 is 5.32 Å². The SMILES string of the molecule is CCC1(CC)NC(=O)C(C(C)C)N(C(C)CCOC)C1=O. The molecule has 21 heavy (non-hydrogen) atoms. The maximum absolute atomic E-state index is 13.0. The molecule has 1 heterocycles. The van der Waals surface area contributed by atoms with E-state index in [0.717, 1.165) is 6.42 Å². The van der Waals surface area contributed by atoms with Crippen LogP contribution in [0, 0.1) is 5.92 Å². The maximum atomic E-state index is 13.0. The lowest BCUT2D eigenvalue weighted by molar-refractivity contribution is -0.160. The quantitative estimate of drug-likeness (QED) is 0.781. The Morgan fingerprint density at radius 3 is 2.24 bits per heavy atom. The molecular weight excluding hydrogens is 268 g/mol. The lowest BCUT2D eigenvalue weighted by Crippen LogP contribution is -2.72. The van der Waals surface area contributed by atoms with Gasteiger partial charge >= 0.3 is 0 Å². The number of ether oxygens (including phenoxy) is 1. The van der Waals surface area contributed by atoms with Crippen LogP contribution >= 0.6 is 0 Å². The predicted molar refractivity (Wildman–Crippen MR) is 82.9 cm³/mol. The van der Waals surface area contributed by atoms with E-state index in [4.69, 9.17) is 4.74 Å². The Morgan fingerprint density at radius 1 is 1.24 bits per heavy atom. The highest BCUT2D eigenvalue weighted by Crippen LogP contribution is 2.30. The zero-order chi connectivity index (χ0) is 16.2. The van der Waals surface area contributed by atoms with Crippen LogP contribution in [0.4, 0.5) is 0 Å². The van der Waals surface area contributed by atoms with Gasteiger partial charge in [0.05, 0.1) is 0 Å². The highest BCUT2D eigenvalue weighted by atomic mass is 16.5. The first kappa shape index (κ1) is 18.0. The minimum Gasteiger partial charge on any atom is -0.385 e. The summed E-state index contributed by atoms with van der Waals surface area (Å²) < 4.78 is 5.13. The standard InChI is InChI=1S/C16H30N2O3/c1-7-16(8-2)15(20)18(12(5)9-10-21-6)13(11(3)4)14(19)17-16/h11-13H,7-10H2,1-6H3,(H,17,19). The Morgan fingerprint density at radius 2 is 1.81 bits per heavy atom. The molecule has 0 aromatic heterocycles. The van der Waals surface area contributed by atoms with Gasteiger partial charge in [-0.1, -0.05) is 27.7 Å². The number of nitrogens with zero attached hydrogens (tertiary/aromatic N) is 1. The fourth-order valence-electron chi connectivity index (χ4n) is 3.12. The van der Waals surface area contributed by atoms with Gasteiger partial charge in [-0.05, 0) is 32.1 Å². The van der Waals surface area contributed by atoms with Gasteiger partial charge in [-0.3, -0.25) is 9.59 Å². The number of amides is 2. The highest BCUT2D eigenvalue weighted by molar-refractivity contribution is 6.00. The van der Waals surface area contributed by atoms with Gasteiger partial charge in [0.2, 0.25) is 11.8 Å². The van der Waals surface area contributed by atoms with E-state index in [9.17, 15) is 9.59 Å². The maximum Gasteiger partial charge on any atom is 0.249 e. The molecule has 1 fully saturated rings. The summed E-state index contributed by atoms with van der Waals surface area (Å²) in [5.74, 6) is 0.109. The van der Waals surface area contributed by atoms with Gasteiger partial charge in [0.15, 0.2) is 0 Å². The molecular formula is C16H30N2O3. The van der Waals surface area contributed by atoms with Crippen molar-refractivity contribution in [3.8, 4) is 0 Å². The van der Waals surface area contributed by atoms with Gasteiger partial charge in [0.25, 0.3) is 0 Å². The number of nitrogens with one attached hydrogen (secondary N) is 1. The fourth-order valence-corrected chi connectivity index (χ4v) is 3.12. The molecule has 1 rings (SSSR count). The minimum atomic E-state index is -0.746. The van der Waals surface area contributed by atoms with Crippen LogP contribution in [0.3, 0.4) is 0 Å². The summed E-state index contributed by atoms with van der Waals surface area (Å²) in [6.07, 6.45) is 1.97. The molecule has 0 radical (unpaired) electrons.